The first kappa shape index (κ1) is 13.2. The van der Waals surface area contributed by atoms with E-state index in [1.807, 2.05) is 12.3 Å². The van der Waals surface area contributed by atoms with Gasteiger partial charge in [0.1, 0.15) is 5.76 Å². The number of furan rings is 1. The summed E-state index contributed by atoms with van der Waals surface area (Å²) in [6, 6.07) is 1.52. The highest BCUT2D eigenvalue weighted by atomic mass is 16.3. The fourth-order valence-electron chi connectivity index (χ4n) is 1.88. The van der Waals surface area contributed by atoms with E-state index < -0.39 is 5.91 Å². The molecule has 0 unspecified atom stereocenters. The van der Waals surface area contributed by atoms with Gasteiger partial charge in [-0.3, -0.25) is 19.4 Å². The number of carbonyl (C=O) groups is 1. The maximum absolute atomic E-state index is 12.0. The summed E-state index contributed by atoms with van der Waals surface area (Å²) in [6.07, 6.45) is 5.67. The predicted octanol–water partition coefficient (Wildman–Crippen LogP) is 0.305. The molecule has 2 heterocycles. The van der Waals surface area contributed by atoms with Crippen LogP contribution in [0.25, 0.3) is 0 Å². The van der Waals surface area contributed by atoms with E-state index >= 15 is 0 Å². The number of hydrogen-bond donors (Lipinski definition) is 2. The average molecular weight is 264 g/mol. The second-order valence-corrected chi connectivity index (χ2v) is 4.13. The number of rotatable bonds is 5. The summed E-state index contributed by atoms with van der Waals surface area (Å²) in [5, 5.41) is 0. The van der Waals surface area contributed by atoms with Gasteiger partial charge in [-0.25, -0.2) is 10.6 Å². The zero-order valence-corrected chi connectivity index (χ0v) is 10.6. The zero-order valence-electron chi connectivity index (χ0n) is 10.6. The van der Waals surface area contributed by atoms with Crippen LogP contribution in [0.15, 0.2) is 33.9 Å². The van der Waals surface area contributed by atoms with Crippen molar-refractivity contribution in [3.8, 4) is 0 Å². The summed E-state index contributed by atoms with van der Waals surface area (Å²) < 4.78 is 8.33. The number of nitrogens with zero attached hydrogens (tertiary/aromatic N) is 2. The molecule has 0 fully saturated rings. The van der Waals surface area contributed by atoms with Crippen molar-refractivity contribution in [2.45, 2.75) is 26.4 Å². The van der Waals surface area contributed by atoms with E-state index in [1.54, 1.807) is 17.0 Å². The lowest BCUT2D eigenvalue weighted by Crippen LogP contribution is -2.31. The molecule has 0 aromatic carbocycles. The Morgan fingerprint density at radius 3 is 2.84 bits per heavy atom. The summed E-state index contributed by atoms with van der Waals surface area (Å²) in [7, 11) is 0. The lowest BCUT2D eigenvalue weighted by Gasteiger charge is -2.02. The Morgan fingerprint density at radius 1 is 1.42 bits per heavy atom. The van der Waals surface area contributed by atoms with Crippen LogP contribution >= 0.6 is 0 Å². The zero-order chi connectivity index (χ0) is 13.8. The van der Waals surface area contributed by atoms with Crippen molar-refractivity contribution in [1.29, 1.82) is 0 Å². The van der Waals surface area contributed by atoms with Gasteiger partial charge in [0.05, 0.1) is 18.4 Å². The number of amides is 1. The van der Waals surface area contributed by atoms with Crippen molar-refractivity contribution >= 4 is 5.91 Å². The third-order valence-electron chi connectivity index (χ3n) is 2.82. The molecule has 0 atom stereocenters. The van der Waals surface area contributed by atoms with Gasteiger partial charge < -0.3 is 4.42 Å². The minimum atomic E-state index is -0.440. The van der Waals surface area contributed by atoms with E-state index in [2.05, 4.69) is 0 Å². The van der Waals surface area contributed by atoms with E-state index in [1.165, 1.54) is 16.9 Å². The lowest BCUT2D eigenvalue weighted by molar-refractivity contribution is 0.0951. The van der Waals surface area contributed by atoms with Gasteiger partial charge in [-0.1, -0.05) is 6.92 Å². The summed E-state index contributed by atoms with van der Waals surface area (Å²) in [5.41, 5.74) is 2.25. The van der Waals surface area contributed by atoms with E-state index in [-0.39, 0.29) is 12.2 Å². The number of hydrazine groups is 1. The number of nitrogens with two attached hydrogens (primary N) is 1. The van der Waals surface area contributed by atoms with Gasteiger partial charge >= 0.3 is 5.69 Å². The smallest absolute Gasteiger partial charge is 0.328 e. The Morgan fingerprint density at radius 2 is 2.16 bits per heavy atom. The standard InChI is InChI=1S/C12H16N4O3/c1-2-4-15-5-6-16(12(15)18)8-10-9(3-7-19-10)11(17)14-13/h3,5-7H,2,4,8,13H2,1H3,(H,14,17). The van der Waals surface area contributed by atoms with Crippen LogP contribution in [0.2, 0.25) is 0 Å². The van der Waals surface area contributed by atoms with Crippen LogP contribution < -0.4 is 17.0 Å². The molecule has 0 aliphatic carbocycles. The predicted molar refractivity (Wildman–Crippen MR) is 68.4 cm³/mol. The van der Waals surface area contributed by atoms with Crippen LogP contribution in [0, 0.1) is 0 Å². The van der Waals surface area contributed by atoms with Crippen molar-refractivity contribution in [2.24, 2.45) is 5.84 Å². The first-order valence-electron chi connectivity index (χ1n) is 6.00. The Hall–Kier alpha value is -2.28. The third kappa shape index (κ3) is 2.60. The molecule has 2 aromatic heterocycles. The number of carbonyl (C=O) groups excluding carboxylic acids is 1. The molecule has 0 saturated heterocycles. The number of aromatic nitrogens is 2. The number of aryl methyl sites for hydroxylation is 1. The quantitative estimate of drug-likeness (QED) is 0.461. The highest BCUT2D eigenvalue weighted by Gasteiger charge is 2.15. The third-order valence-corrected chi connectivity index (χ3v) is 2.82. The fourth-order valence-corrected chi connectivity index (χ4v) is 1.88. The van der Waals surface area contributed by atoms with Crippen molar-refractivity contribution in [3.63, 3.8) is 0 Å². The molecule has 0 radical (unpaired) electrons. The van der Waals surface area contributed by atoms with Gasteiger partial charge in [0.15, 0.2) is 0 Å². The molecule has 0 saturated carbocycles. The van der Waals surface area contributed by atoms with E-state index in [4.69, 9.17) is 10.3 Å². The first-order chi connectivity index (χ1) is 9.17. The lowest BCUT2D eigenvalue weighted by atomic mass is 10.2. The minimum absolute atomic E-state index is 0.127. The number of hydrogen-bond acceptors (Lipinski definition) is 4. The Balaban J connectivity index is 2.25. The number of nitrogen functional groups attached to an aromatic ring is 1. The molecule has 19 heavy (non-hydrogen) atoms. The molecule has 2 rings (SSSR count). The normalized spacial score (nSPS) is 10.6. The second-order valence-electron chi connectivity index (χ2n) is 4.13. The van der Waals surface area contributed by atoms with Gasteiger partial charge in [0.25, 0.3) is 5.91 Å². The molecular weight excluding hydrogens is 248 g/mol. The molecule has 0 spiro atoms. The van der Waals surface area contributed by atoms with Crippen molar-refractivity contribution < 1.29 is 9.21 Å². The summed E-state index contributed by atoms with van der Waals surface area (Å²) >= 11 is 0. The van der Waals surface area contributed by atoms with Crippen LogP contribution in [0.1, 0.15) is 29.5 Å². The van der Waals surface area contributed by atoms with Gasteiger partial charge in [-0.2, -0.15) is 0 Å². The van der Waals surface area contributed by atoms with E-state index in [0.717, 1.165) is 6.42 Å². The SMILES string of the molecule is CCCn1ccn(Cc2occc2C(=O)NN)c1=O. The minimum Gasteiger partial charge on any atom is -0.467 e. The summed E-state index contributed by atoms with van der Waals surface area (Å²) in [6.45, 7) is 2.87. The maximum atomic E-state index is 12.0. The summed E-state index contributed by atoms with van der Waals surface area (Å²) in [5.74, 6) is 5.05. The average Bonchev–Trinajstić information content (AvgIpc) is 3.00. The molecule has 0 bridgehead atoms. The second kappa shape index (κ2) is 5.57. The van der Waals surface area contributed by atoms with Crippen LogP contribution in [0.5, 0.6) is 0 Å². The van der Waals surface area contributed by atoms with Crippen LogP contribution in [-0.4, -0.2) is 15.0 Å². The first-order valence-corrected chi connectivity index (χ1v) is 6.00. The largest absolute Gasteiger partial charge is 0.467 e. The molecule has 7 heteroatoms. The van der Waals surface area contributed by atoms with Gasteiger partial charge in [0, 0.05) is 18.9 Å². The van der Waals surface area contributed by atoms with Crippen molar-refractivity contribution in [1.82, 2.24) is 14.6 Å². The molecule has 0 aliphatic heterocycles. The number of nitrogens with one attached hydrogen (secondary N) is 1. The maximum Gasteiger partial charge on any atom is 0.328 e. The van der Waals surface area contributed by atoms with Gasteiger partial charge in [-0.15, -0.1) is 0 Å². The number of imidazole rings is 1. The van der Waals surface area contributed by atoms with Crippen LogP contribution in [0.4, 0.5) is 0 Å². The van der Waals surface area contributed by atoms with Gasteiger partial charge in [-0.05, 0) is 12.5 Å². The van der Waals surface area contributed by atoms with E-state index in [0.29, 0.717) is 17.9 Å². The van der Waals surface area contributed by atoms with Crippen LogP contribution in [-0.2, 0) is 13.1 Å². The van der Waals surface area contributed by atoms with Crippen molar-refractivity contribution in [3.05, 3.63) is 46.5 Å². The Bertz CT molecular complexity index is 623. The Kier molecular flexibility index (Phi) is 3.86. The summed E-state index contributed by atoms with van der Waals surface area (Å²) in [4.78, 5) is 23.5. The van der Waals surface area contributed by atoms with Gasteiger partial charge in [0.2, 0.25) is 0 Å². The van der Waals surface area contributed by atoms with Crippen molar-refractivity contribution in [2.75, 3.05) is 0 Å². The molecule has 1 amide bonds. The molecule has 2 aromatic rings. The molecule has 7 nitrogen and oxygen atoms in total. The topological polar surface area (TPSA) is 95.2 Å². The molecule has 3 N–H and O–H groups in total. The Labute approximate surface area is 109 Å². The van der Waals surface area contributed by atoms with E-state index in [9.17, 15) is 9.59 Å². The monoisotopic (exact) mass is 264 g/mol. The highest BCUT2D eigenvalue weighted by molar-refractivity contribution is 5.94. The molecule has 102 valence electrons. The molecular formula is C12H16N4O3. The highest BCUT2D eigenvalue weighted by Crippen LogP contribution is 2.11. The molecule has 0 aliphatic rings. The van der Waals surface area contributed by atoms with Crippen LogP contribution in [0.3, 0.4) is 0 Å². The fraction of sp³-hybridized carbons (Fsp3) is 0.333.